The Morgan fingerprint density at radius 1 is 1.26 bits per heavy atom. The van der Waals surface area contributed by atoms with Gasteiger partial charge in [-0.15, -0.1) is 11.3 Å². The smallest absolute Gasteiger partial charge is 0.261 e. The number of benzene rings is 1. The number of ether oxygens (including phenoxy) is 1. The topological polar surface area (TPSA) is 41.6 Å². The van der Waals surface area contributed by atoms with Gasteiger partial charge in [-0.25, -0.2) is 0 Å². The molecule has 1 amide bonds. The van der Waals surface area contributed by atoms with E-state index in [0.717, 1.165) is 28.6 Å². The summed E-state index contributed by atoms with van der Waals surface area (Å²) in [5.41, 5.74) is 1.04. The van der Waals surface area contributed by atoms with Gasteiger partial charge in [0.05, 0.1) is 24.1 Å². The van der Waals surface area contributed by atoms with E-state index in [1.54, 1.807) is 0 Å². The fraction of sp³-hybridized carbons (Fsp3) is 0.353. The molecule has 0 spiro atoms. The fourth-order valence-electron chi connectivity index (χ4n) is 2.75. The number of rotatable bonds is 5. The first-order valence-electron chi connectivity index (χ1n) is 7.63. The van der Waals surface area contributed by atoms with Gasteiger partial charge < -0.3 is 10.1 Å². The third-order valence-electron chi connectivity index (χ3n) is 3.95. The lowest BCUT2D eigenvalue weighted by molar-refractivity contribution is 0.0162. The lowest BCUT2D eigenvalue weighted by atomic mass is 10.0. The van der Waals surface area contributed by atoms with Crippen molar-refractivity contribution in [2.24, 2.45) is 0 Å². The number of hydrogen-bond donors (Lipinski definition) is 1. The highest BCUT2D eigenvalue weighted by Crippen LogP contribution is 2.27. The van der Waals surface area contributed by atoms with Crippen LogP contribution in [0.5, 0.6) is 0 Å². The number of nitrogens with one attached hydrogen (secondary N) is 1. The molecule has 0 bridgehead atoms. The van der Waals surface area contributed by atoms with Crippen molar-refractivity contribution in [3.05, 3.63) is 57.2 Å². The van der Waals surface area contributed by atoms with E-state index in [1.165, 1.54) is 11.3 Å². The van der Waals surface area contributed by atoms with Crippen LogP contribution in [0, 0.1) is 0 Å². The molecule has 0 radical (unpaired) electrons. The Labute approximate surface area is 145 Å². The summed E-state index contributed by atoms with van der Waals surface area (Å²) in [7, 11) is 0. The van der Waals surface area contributed by atoms with E-state index in [2.05, 4.69) is 10.2 Å². The minimum Gasteiger partial charge on any atom is -0.379 e. The van der Waals surface area contributed by atoms with Gasteiger partial charge in [0.15, 0.2) is 0 Å². The van der Waals surface area contributed by atoms with Crippen molar-refractivity contribution >= 4 is 28.8 Å². The SMILES string of the molecule is O=C(NC[C@@H](c1ccccc1Cl)N1CCOCC1)c1cccs1. The van der Waals surface area contributed by atoms with E-state index in [9.17, 15) is 4.79 Å². The molecule has 2 heterocycles. The van der Waals surface area contributed by atoms with Crippen molar-refractivity contribution in [3.8, 4) is 0 Å². The van der Waals surface area contributed by atoms with Gasteiger partial charge in [0, 0.05) is 24.7 Å². The molecule has 4 nitrogen and oxygen atoms in total. The summed E-state index contributed by atoms with van der Waals surface area (Å²) < 4.78 is 5.44. The molecule has 122 valence electrons. The van der Waals surface area contributed by atoms with Crippen molar-refractivity contribution in [2.45, 2.75) is 6.04 Å². The molecule has 0 unspecified atom stereocenters. The predicted octanol–water partition coefficient (Wildman–Crippen LogP) is 3.20. The van der Waals surface area contributed by atoms with Gasteiger partial charge in [0.1, 0.15) is 0 Å². The summed E-state index contributed by atoms with van der Waals surface area (Å²) in [6.45, 7) is 3.62. The van der Waals surface area contributed by atoms with Crippen molar-refractivity contribution in [2.75, 3.05) is 32.8 Å². The van der Waals surface area contributed by atoms with Crippen LogP contribution in [0.1, 0.15) is 21.3 Å². The van der Waals surface area contributed by atoms with Crippen LogP contribution in [0.2, 0.25) is 5.02 Å². The molecule has 1 atom stereocenters. The second-order valence-corrected chi connectivity index (χ2v) is 6.73. The van der Waals surface area contributed by atoms with Crippen molar-refractivity contribution < 1.29 is 9.53 Å². The Morgan fingerprint density at radius 2 is 2.04 bits per heavy atom. The van der Waals surface area contributed by atoms with Gasteiger partial charge in [0.2, 0.25) is 0 Å². The molecule has 2 aromatic rings. The number of thiophene rings is 1. The van der Waals surface area contributed by atoms with Crippen LogP contribution in [-0.4, -0.2) is 43.7 Å². The molecular weight excluding hydrogens is 332 g/mol. The molecule has 1 fully saturated rings. The molecule has 1 aliphatic rings. The maximum Gasteiger partial charge on any atom is 0.261 e. The summed E-state index contributed by atoms with van der Waals surface area (Å²) in [5.74, 6) is -0.0367. The normalized spacial score (nSPS) is 16.9. The van der Waals surface area contributed by atoms with Crippen LogP contribution in [0.3, 0.4) is 0 Å². The third-order valence-corrected chi connectivity index (χ3v) is 5.16. The molecule has 0 aliphatic carbocycles. The average Bonchev–Trinajstić information content (AvgIpc) is 3.12. The largest absolute Gasteiger partial charge is 0.379 e. The van der Waals surface area contributed by atoms with Crippen molar-refractivity contribution in [3.63, 3.8) is 0 Å². The van der Waals surface area contributed by atoms with E-state index in [-0.39, 0.29) is 11.9 Å². The molecular formula is C17H19ClN2O2S. The number of nitrogens with zero attached hydrogens (tertiary/aromatic N) is 1. The highest BCUT2D eigenvalue weighted by atomic mass is 35.5. The maximum absolute atomic E-state index is 12.2. The summed E-state index contributed by atoms with van der Waals surface area (Å²) in [6.07, 6.45) is 0. The Hall–Kier alpha value is -1.40. The van der Waals surface area contributed by atoms with Gasteiger partial charge in [-0.2, -0.15) is 0 Å². The zero-order valence-corrected chi connectivity index (χ0v) is 14.3. The van der Waals surface area contributed by atoms with E-state index in [0.29, 0.717) is 19.8 Å². The third kappa shape index (κ3) is 4.12. The highest BCUT2D eigenvalue weighted by molar-refractivity contribution is 7.12. The predicted molar refractivity (Wildman–Crippen MR) is 93.2 cm³/mol. The van der Waals surface area contributed by atoms with Crippen LogP contribution >= 0.6 is 22.9 Å². The maximum atomic E-state index is 12.2. The molecule has 1 saturated heterocycles. The first-order chi connectivity index (χ1) is 11.3. The lowest BCUT2D eigenvalue weighted by Crippen LogP contribution is -2.43. The zero-order valence-electron chi connectivity index (χ0n) is 12.7. The van der Waals surface area contributed by atoms with Crippen LogP contribution in [0.25, 0.3) is 0 Å². The van der Waals surface area contributed by atoms with Crippen LogP contribution < -0.4 is 5.32 Å². The van der Waals surface area contributed by atoms with E-state index in [4.69, 9.17) is 16.3 Å². The molecule has 3 rings (SSSR count). The summed E-state index contributed by atoms with van der Waals surface area (Å²) in [5, 5.41) is 5.67. The van der Waals surface area contributed by atoms with Gasteiger partial charge >= 0.3 is 0 Å². The quantitative estimate of drug-likeness (QED) is 0.900. The van der Waals surface area contributed by atoms with Crippen molar-refractivity contribution in [1.29, 1.82) is 0 Å². The van der Waals surface area contributed by atoms with Crippen molar-refractivity contribution in [1.82, 2.24) is 10.2 Å². The molecule has 1 aromatic heterocycles. The molecule has 6 heteroatoms. The lowest BCUT2D eigenvalue weighted by Gasteiger charge is -2.35. The highest BCUT2D eigenvalue weighted by Gasteiger charge is 2.25. The number of morpholine rings is 1. The second-order valence-electron chi connectivity index (χ2n) is 5.37. The van der Waals surface area contributed by atoms with E-state index in [1.807, 2.05) is 41.8 Å². The zero-order chi connectivity index (χ0) is 16.1. The first kappa shape index (κ1) is 16.5. The Kier molecular flexibility index (Phi) is 5.67. The Balaban J connectivity index is 1.75. The van der Waals surface area contributed by atoms with Gasteiger partial charge in [-0.1, -0.05) is 35.9 Å². The fourth-order valence-corrected chi connectivity index (χ4v) is 3.66. The number of carbonyl (C=O) groups is 1. The standard InChI is InChI=1S/C17H19ClN2O2S/c18-14-5-2-1-4-13(14)15(20-7-9-22-10-8-20)12-19-17(21)16-6-3-11-23-16/h1-6,11,15H,7-10,12H2,(H,19,21)/t15-/m0/s1. The minimum absolute atomic E-state index is 0.0367. The van der Waals surface area contributed by atoms with E-state index < -0.39 is 0 Å². The molecule has 0 saturated carbocycles. The molecule has 23 heavy (non-hydrogen) atoms. The number of amides is 1. The summed E-state index contributed by atoms with van der Waals surface area (Å²) >= 11 is 7.83. The van der Waals surface area contributed by atoms with Crippen LogP contribution in [0.4, 0.5) is 0 Å². The molecule has 1 aromatic carbocycles. The Bertz CT molecular complexity index is 642. The number of carbonyl (C=O) groups excluding carboxylic acids is 1. The molecule has 1 N–H and O–H groups in total. The monoisotopic (exact) mass is 350 g/mol. The molecule has 1 aliphatic heterocycles. The first-order valence-corrected chi connectivity index (χ1v) is 8.89. The average molecular weight is 351 g/mol. The Morgan fingerprint density at radius 3 is 2.74 bits per heavy atom. The van der Waals surface area contributed by atoms with Crippen LogP contribution in [0.15, 0.2) is 41.8 Å². The summed E-state index contributed by atoms with van der Waals surface area (Å²) in [4.78, 5) is 15.3. The number of halogens is 1. The van der Waals surface area contributed by atoms with E-state index >= 15 is 0 Å². The van der Waals surface area contributed by atoms with Crippen LogP contribution in [-0.2, 0) is 4.74 Å². The second kappa shape index (κ2) is 7.93. The number of hydrogen-bond acceptors (Lipinski definition) is 4. The van der Waals surface area contributed by atoms with Gasteiger partial charge in [-0.3, -0.25) is 9.69 Å². The minimum atomic E-state index is -0.0367. The summed E-state index contributed by atoms with van der Waals surface area (Å²) in [6, 6.07) is 11.6. The van der Waals surface area contributed by atoms with Gasteiger partial charge in [0.25, 0.3) is 5.91 Å². The van der Waals surface area contributed by atoms with Gasteiger partial charge in [-0.05, 0) is 23.1 Å².